The zero-order valence-corrected chi connectivity index (χ0v) is 17.0. The molecule has 0 saturated carbocycles. The lowest BCUT2D eigenvalue weighted by atomic mass is 10.1. The first-order valence-corrected chi connectivity index (χ1v) is 10.9. The first kappa shape index (κ1) is 20.5. The predicted octanol–water partition coefficient (Wildman–Crippen LogP) is 3.66. The minimum Gasteiger partial charge on any atom is -0.337 e. The van der Waals surface area contributed by atoms with Gasteiger partial charge in [0.25, 0.3) is 5.91 Å². The normalized spacial score (nSPS) is 18.0. The second kappa shape index (κ2) is 8.41. The molecule has 1 amide bonds. The molecule has 1 aliphatic heterocycles. The van der Waals surface area contributed by atoms with E-state index in [1.54, 1.807) is 37.4 Å². The van der Waals surface area contributed by atoms with Crippen molar-refractivity contribution in [1.29, 1.82) is 0 Å². The lowest BCUT2D eigenvalue weighted by Crippen LogP contribution is -2.42. The smallest absolute Gasteiger partial charge is 0.253 e. The van der Waals surface area contributed by atoms with E-state index in [1.807, 2.05) is 6.92 Å². The number of carbonyl (C=O) groups excluding carboxylic acids is 1. The van der Waals surface area contributed by atoms with Gasteiger partial charge in [-0.25, -0.2) is 12.8 Å². The van der Waals surface area contributed by atoms with Gasteiger partial charge in [0.1, 0.15) is 5.82 Å². The molecule has 1 saturated heterocycles. The average molecular weight is 405 g/mol. The van der Waals surface area contributed by atoms with Crippen LogP contribution in [0.2, 0.25) is 0 Å². The summed E-state index contributed by atoms with van der Waals surface area (Å²) in [5, 5.41) is 0. The summed E-state index contributed by atoms with van der Waals surface area (Å²) in [6.07, 6.45) is 2.70. The van der Waals surface area contributed by atoms with Gasteiger partial charge in [0.05, 0.1) is 4.90 Å². The second-order valence-corrected chi connectivity index (χ2v) is 9.13. The summed E-state index contributed by atoms with van der Waals surface area (Å²) in [4.78, 5) is 14.3. The monoisotopic (exact) mass is 404 g/mol. The number of carbonyl (C=O) groups is 1. The summed E-state index contributed by atoms with van der Waals surface area (Å²) in [6, 6.07) is 12.3. The van der Waals surface area contributed by atoms with Crippen LogP contribution in [0.15, 0.2) is 53.4 Å². The molecule has 1 fully saturated rings. The van der Waals surface area contributed by atoms with Crippen molar-refractivity contribution in [1.82, 2.24) is 9.21 Å². The Morgan fingerprint density at radius 3 is 2.64 bits per heavy atom. The van der Waals surface area contributed by atoms with Gasteiger partial charge < -0.3 is 4.90 Å². The van der Waals surface area contributed by atoms with E-state index in [4.69, 9.17) is 0 Å². The van der Waals surface area contributed by atoms with Crippen LogP contribution in [-0.2, 0) is 16.6 Å². The topological polar surface area (TPSA) is 57.7 Å². The SMILES string of the molecule is C[C@@H]1CCCCN1S(=O)(=O)c1cccc(C(=O)N(C)Cc2ccccc2F)c1. The Morgan fingerprint density at radius 1 is 1.18 bits per heavy atom. The van der Waals surface area contributed by atoms with Crippen LogP contribution in [0.1, 0.15) is 42.1 Å². The molecule has 0 bridgehead atoms. The fraction of sp³-hybridized carbons (Fsp3) is 0.381. The number of piperidine rings is 1. The number of amides is 1. The quantitative estimate of drug-likeness (QED) is 0.764. The van der Waals surface area contributed by atoms with Crippen molar-refractivity contribution >= 4 is 15.9 Å². The van der Waals surface area contributed by atoms with Gasteiger partial charge in [0.15, 0.2) is 0 Å². The number of halogens is 1. The minimum atomic E-state index is -3.66. The van der Waals surface area contributed by atoms with Crippen LogP contribution in [0, 0.1) is 5.82 Å². The minimum absolute atomic E-state index is 0.0539. The van der Waals surface area contributed by atoms with Crippen molar-refractivity contribution in [2.45, 2.75) is 43.7 Å². The van der Waals surface area contributed by atoms with Crippen LogP contribution in [0.5, 0.6) is 0 Å². The molecule has 1 aliphatic rings. The third kappa shape index (κ3) is 4.25. The van der Waals surface area contributed by atoms with E-state index in [0.29, 0.717) is 12.1 Å². The molecule has 2 aromatic rings. The zero-order chi connectivity index (χ0) is 20.3. The van der Waals surface area contributed by atoms with Crippen LogP contribution in [0.3, 0.4) is 0 Å². The Hall–Kier alpha value is -2.25. The van der Waals surface area contributed by atoms with Gasteiger partial charge in [0, 0.05) is 37.3 Å². The summed E-state index contributed by atoms with van der Waals surface area (Å²) in [5.74, 6) is -0.732. The molecule has 2 aromatic carbocycles. The Bertz CT molecular complexity index is 962. The van der Waals surface area contributed by atoms with Gasteiger partial charge in [-0.3, -0.25) is 4.79 Å². The number of hydrogen-bond acceptors (Lipinski definition) is 3. The van der Waals surface area contributed by atoms with Crippen molar-refractivity contribution in [3.63, 3.8) is 0 Å². The highest BCUT2D eigenvalue weighted by Crippen LogP contribution is 2.26. The van der Waals surface area contributed by atoms with E-state index in [0.717, 1.165) is 19.3 Å². The van der Waals surface area contributed by atoms with Crippen LogP contribution in [0.25, 0.3) is 0 Å². The third-order valence-corrected chi connectivity index (χ3v) is 7.15. The molecular weight excluding hydrogens is 379 g/mol. The van der Waals surface area contributed by atoms with Crippen LogP contribution in [0.4, 0.5) is 4.39 Å². The van der Waals surface area contributed by atoms with Crippen molar-refractivity contribution in [3.8, 4) is 0 Å². The van der Waals surface area contributed by atoms with Gasteiger partial charge in [0.2, 0.25) is 10.0 Å². The highest BCUT2D eigenvalue weighted by molar-refractivity contribution is 7.89. The molecule has 5 nitrogen and oxygen atoms in total. The lowest BCUT2D eigenvalue weighted by Gasteiger charge is -2.32. The molecule has 1 atom stereocenters. The average Bonchev–Trinajstić information content (AvgIpc) is 2.69. The van der Waals surface area contributed by atoms with E-state index in [1.165, 1.54) is 27.4 Å². The Labute approximate surface area is 165 Å². The summed E-state index contributed by atoms with van der Waals surface area (Å²) in [7, 11) is -2.08. The van der Waals surface area contributed by atoms with Crippen molar-refractivity contribution < 1.29 is 17.6 Å². The molecule has 28 heavy (non-hydrogen) atoms. The summed E-state index contributed by atoms with van der Waals surface area (Å²) in [5.41, 5.74) is 0.675. The van der Waals surface area contributed by atoms with Crippen LogP contribution < -0.4 is 0 Å². The molecule has 0 aromatic heterocycles. The predicted molar refractivity (Wildman–Crippen MR) is 106 cm³/mol. The van der Waals surface area contributed by atoms with Gasteiger partial charge in [-0.1, -0.05) is 30.7 Å². The molecule has 150 valence electrons. The summed E-state index contributed by atoms with van der Waals surface area (Å²) < 4.78 is 41.4. The maximum absolute atomic E-state index is 13.9. The van der Waals surface area contributed by atoms with E-state index in [2.05, 4.69) is 0 Å². The molecule has 3 rings (SSSR count). The molecule has 0 spiro atoms. The number of sulfonamides is 1. The highest BCUT2D eigenvalue weighted by Gasteiger charge is 2.31. The van der Waals surface area contributed by atoms with Gasteiger partial charge >= 0.3 is 0 Å². The van der Waals surface area contributed by atoms with E-state index in [-0.39, 0.29) is 34.8 Å². The molecule has 1 heterocycles. The molecule has 0 N–H and O–H groups in total. The van der Waals surface area contributed by atoms with E-state index < -0.39 is 10.0 Å². The van der Waals surface area contributed by atoms with Gasteiger partial charge in [-0.15, -0.1) is 0 Å². The van der Waals surface area contributed by atoms with Crippen LogP contribution >= 0.6 is 0 Å². The number of nitrogens with zero attached hydrogens (tertiary/aromatic N) is 2. The molecule has 0 aliphatic carbocycles. The van der Waals surface area contributed by atoms with E-state index >= 15 is 0 Å². The fourth-order valence-corrected chi connectivity index (χ4v) is 5.27. The third-order valence-electron chi connectivity index (χ3n) is 5.14. The Morgan fingerprint density at radius 2 is 1.93 bits per heavy atom. The number of hydrogen-bond donors (Lipinski definition) is 0. The highest BCUT2D eigenvalue weighted by atomic mass is 32.2. The number of benzene rings is 2. The van der Waals surface area contributed by atoms with Gasteiger partial charge in [-0.05, 0) is 44.0 Å². The van der Waals surface area contributed by atoms with E-state index in [9.17, 15) is 17.6 Å². The largest absolute Gasteiger partial charge is 0.337 e. The Kier molecular flexibility index (Phi) is 6.15. The lowest BCUT2D eigenvalue weighted by molar-refractivity contribution is 0.0783. The zero-order valence-electron chi connectivity index (χ0n) is 16.1. The fourth-order valence-electron chi connectivity index (χ4n) is 3.53. The van der Waals surface area contributed by atoms with Gasteiger partial charge in [-0.2, -0.15) is 4.31 Å². The number of rotatable bonds is 5. The van der Waals surface area contributed by atoms with Crippen molar-refractivity contribution in [2.75, 3.05) is 13.6 Å². The first-order chi connectivity index (χ1) is 13.3. The maximum atomic E-state index is 13.9. The molecule has 0 radical (unpaired) electrons. The summed E-state index contributed by atoms with van der Waals surface area (Å²) >= 11 is 0. The van der Waals surface area contributed by atoms with Crippen LogP contribution in [-0.4, -0.2) is 43.2 Å². The molecule has 0 unspecified atom stereocenters. The van der Waals surface area contributed by atoms with Crippen molar-refractivity contribution in [2.24, 2.45) is 0 Å². The second-order valence-electron chi connectivity index (χ2n) is 7.24. The summed E-state index contributed by atoms with van der Waals surface area (Å²) in [6.45, 7) is 2.51. The van der Waals surface area contributed by atoms with Crippen molar-refractivity contribution in [3.05, 3.63) is 65.5 Å². The standard InChI is InChI=1S/C21H25FN2O3S/c1-16-8-5-6-13-24(16)28(26,27)19-11-7-10-17(14-19)21(25)23(2)15-18-9-3-4-12-20(18)22/h3-4,7,9-12,14,16H,5-6,8,13,15H2,1-2H3/t16-/m1/s1. The molecule has 7 heteroatoms. The Balaban J connectivity index is 1.82. The maximum Gasteiger partial charge on any atom is 0.253 e. The first-order valence-electron chi connectivity index (χ1n) is 9.41. The molecular formula is C21H25FN2O3S.